The van der Waals surface area contributed by atoms with E-state index in [1.54, 1.807) is 0 Å². The van der Waals surface area contributed by atoms with E-state index in [0.29, 0.717) is 22.7 Å². The quantitative estimate of drug-likeness (QED) is 0.790. The Kier molecular flexibility index (Phi) is 2.87. The number of fused-ring (bicyclic) bond motifs is 1. The summed E-state index contributed by atoms with van der Waals surface area (Å²) in [5.74, 6) is -0.245. The van der Waals surface area contributed by atoms with Crippen LogP contribution in [0.25, 0.3) is 22.6 Å². The van der Waals surface area contributed by atoms with Crippen molar-refractivity contribution in [3.63, 3.8) is 0 Å². The second-order valence-corrected chi connectivity index (χ2v) is 4.22. The zero-order chi connectivity index (χ0) is 14.1. The summed E-state index contributed by atoms with van der Waals surface area (Å²) in [5, 5.41) is 9.07. The van der Waals surface area contributed by atoms with Gasteiger partial charge in [0.25, 0.3) is 0 Å². The summed E-state index contributed by atoms with van der Waals surface area (Å²) in [6, 6.07) is 12.3. The van der Waals surface area contributed by atoms with Gasteiger partial charge in [-0.3, -0.25) is 0 Å². The normalized spacial score (nSPS) is 10.7. The van der Waals surface area contributed by atoms with E-state index < -0.39 is 5.97 Å². The number of hydrogen-bond donors (Lipinski definition) is 1. The molecule has 0 aliphatic carbocycles. The fourth-order valence-corrected chi connectivity index (χ4v) is 1.98. The van der Waals surface area contributed by atoms with Crippen molar-refractivity contribution in [2.75, 3.05) is 7.11 Å². The predicted octanol–water partition coefficient (Wildman–Crippen LogP) is 3.20. The maximum absolute atomic E-state index is 11.1. The number of carboxylic acid groups (broad SMARTS) is 1. The summed E-state index contributed by atoms with van der Waals surface area (Å²) >= 11 is 0. The molecule has 1 N–H and O–H groups in total. The van der Waals surface area contributed by atoms with Crippen LogP contribution >= 0.6 is 0 Å². The van der Waals surface area contributed by atoms with Crippen LogP contribution in [0.5, 0.6) is 5.75 Å². The number of aromatic carboxylic acids is 1. The van der Waals surface area contributed by atoms with E-state index in [1.165, 1.54) is 19.2 Å². The Morgan fingerprint density at radius 2 is 2.00 bits per heavy atom. The molecular weight excluding hydrogens is 258 g/mol. The molecule has 0 radical (unpaired) electrons. The van der Waals surface area contributed by atoms with Gasteiger partial charge >= 0.3 is 5.97 Å². The number of hydrogen-bond acceptors (Lipinski definition) is 4. The van der Waals surface area contributed by atoms with Crippen molar-refractivity contribution >= 4 is 17.1 Å². The van der Waals surface area contributed by atoms with Gasteiger partial charge in [0.05, 0.1) is 12.7 Å². The Labute approximate surface area is 114 Å². The molecule has 0 aliphatic rings. The highest BCUT2D eigenvalue weighted by molar-refractivity contribution is 5.94. The monoisotopic (exact) mass is 269 g/mol. The maximum atomic E-state index is 11.1. The van der Waals surface area contributed by atoms with Gasteiger partial charge in [-0.05, 0) is 24.3 Å². The number of benzene rings is 2. The highest BCUT2D eigenvalue weighted by Crippen LogP contribution is 2.31. The molecule has 3 aromatic rings. The van der Waals surface area contributed by atoms with Crippen LogP contribution in [0, 0.1) is 0 Å². The summed E-state index contributed by atoms with van der Waals surface area (Å²) in [5.41, 5.74) is 1.84. The van der Waals surface area contributed by atoms with Crippen molar-refractivity contribution in [1.82, 2.24) is 4.98 Å². The van der Waals surface area contributed by atoms with Crippen LogP contribution in [0.2, 0.25) is 0 Å². The van der Waals surface area contributed by atoms with Gasteiger partial charge in [0.15, 0.2) is 11.3 Å². The largest absolute Gasteiger partial charge is 0.493 e. The molecule has 0 saturated carbocycles. The number of nitrogens with zero attached hydrogens (tertiary/aromatic N) is 1. The number of carbonyl (C=O) groups is 1. The van der Waals surface area contributed by atoms with Gasteiger partial charge in [0.2, 0.25) is 5.89 Å². The molecule has 0 bridgehead atoms. The second kappa shape index (κ2) is 4.70. The molecule has 100 valence electrons. The molecule has 20 heavy (non-hydrogen) atoms. The second-order valence-electron chi connectivity index (χ2n) is 4.22. The molecule has 3 rings (SSSR count). The third kappa shape index (κ3) is 1.99. The smallest absolute Gasteiger partial charge is 0.335 e. The SMILES string of the molecule is COc1cc(C(=O)O)cc2nc(-c3ccccc3)oc12. The summed E-state index contributed by atoms with van der Waals surface area (Å²) in [4.78, 5) is 15.4. The van der Waals surface area contributed by atoms with Gasteiger partial charge in [-0.2, -0.15) is 0 Å². The zero-order valence-electron chi connectivity index (χ0n) is 10.7. The molecular formula is C15H11NO4. The van der Waals surface area contributed by atoms with Crippen molar-refractivity contribution in [1.29, 1.82) is 0 Å². The van der Waals surface area contributed by atoms with Gasteiger partial charge < -0.3 is 14.3 Å². The lowest BCUT2D eigenvalue weighted by Gasteiger charge is -2.01. The minimum atomic E-state index is -1.03. The number of carboxylic acids is 1. The number of oxazole rings is 1. The first kappa shape index (κ1) is 12.2. The molecule has 0 saturated heterocycles. The van der Waals surface area contributed by atoms with E-state index in [4.69, 9.17) is 14.3 Å². The van der Waals surface area contributed by atoms with Crippen LogP contribution in [0.15, 0.2) is 46.9 Å². The Balaban J connectivity index is 2.22. The van der Waals surface area contributed by atoms with Crippen LogP contribution < -0.4 is 4.74 Å². The van der Waals surface area contributed by atoms with E-state index >= 15 is 0 Å². The molecule has 0 spiro atoms. The molecule has 0 atom stereocenters. The first-order valence-corrected chi connectivity index (χ1v) is 5.96. The lowest BCUT2D eigenvalue weighted by molar-refractivity contribution is 0.0696. The Morgan fingerprint density at radius 1 is 1.25 bits per heavy atom. The number of methoxy groups -OCH3 is 1. The van der Waals surface area contributed by atoms with Crippen molar-refractivity contribution in [2.45, 2.75) is 0 Å². The Bertz CT molecular complexity index is 777. The predicted molar refractivity (Wildman–Crippen MR) is 73.0 cm³/mol. The van der Waals surface area contributed by atoms with Crippen LogP contribution in [0.3, 0.4) is 0 Å². The van der Waals surface area contributed by atoms with Crippen LogP contribution in [0.1, 0.15) is 10.4 Å². The standard InChI is InChI=1S/C15H11NO4/c1-19-12-8-10(15(17)18)7-11-13(12)20-14(16-11)9-5-3-2-4-6-9/h2-8H,1H3,(H,17,18). The van der Waals surface area contributed by atoms with E-state index in [0.717, 1.165) is 5.56 Å². The van der Waals surface area contributed by atoms with Gasteiger partial charge in [-0.15, -0.1) is 0 Å². The van der Waals surface area contributed by atoms with Crippen LogP contribution in [0.4, 0.5) is 0 Å². The molecule has 0 unspecified atom stereocenters. The summed E-state index contributed by atoms with van der Waals surface area (Å²) in [7, 11) is 1.46. The molecule has 1 aromatic heterocycles. The van der Waals surface area contributed by atoms with Crippen molar-refractivity contribution in [2.24, 2.45) is 0 Å². The van der Waals surface area contributed by atoms with E-state index in [2.05, 4.69) is 4.98 Å². The lowest BCUT2D eigenvalue weighted by atomic mass is 10.2. The fourth-order valence-electron chi connectivity index (χ4n) is 1.98. The first-order valence-electron chi connectivity index (χ1n) is 5.96. The minimum Gasteiger partial charge on any atom is -0.493 e. The van der Waals surface area contributed by atoms with E-state index in [9.17, 15) is 4.79 Å². The molecule has 0 amide bonds. The number of ether oxygens (including phenoxy) is 1. The van der Waals surface area contributed by atoms with Gasteiger partial charge in [-0.25, -0.2) is 9.78 Å². The highest BCUT2D eigenvalue weighted by atomic mass is 16.5. The van der Waals surface area contributed by atoms with Crippen molar-refractivity contribution < 1.29 is 19.1 Å². The fraction of sp³-hybridized carbons (Fsp3) is 0.0667. The zero-order valence-corrected chi connectivity index (χ0v) is 10.7. The van der Waals surface area contributed by atoms with Gasteiger partial charge in [0.1, 0.15) is 5.52 Å². The molecule has 0 aliphatic heterocycles. The molecule has 5 nitrogen and oxygen atoms in total. The third-order valence-corrected chi connectivity index (χ3v) is 2.94. The molecule has 2 aromatic carbocycles. The molecule has 5 heteroatoms. The molecule has 1 heterocycles. The summed E-state index contributed by atoms with van der Waals surface area (Å²) in [6.45, 7) is 0. The number of rotatable bonds is 3. The van der Waals surface area contributed by atoms with Crippen molar-refractivity contribution in [3.05, 3.63) is 48.0 Å². The van der Waals surface area contributed by atoms with Gasteiger partial charge in [0, 0.05) is 5.56 Å². The third-order valence-electron chi connectivity index (χ3n) is 2.94. The topological polar surface area (TPSA) is 72.6 Å². The van der Waals surface area contributed by atoms with Crippen LogP contribution in [-0.2, 0) is 0 Å². The van der Waals surface area contributed by atoms with E-state index in [-0.39, 0.29) is 5.56 Å². The summed E-state index contributed by atoms with van der Waals surface area (Å²) < 4.78 is 10.9. The molecule has 0 fully saturated rings. The van der Waals surface area contributed by atoms with Crippen LogP contribution in [-0.4, -0.2) is 23.2 Å². The lowest BCUT2D eigenvalue weighted by Crippen LogP contribution is -1.97. The van der Waals surface area contributed by atoms with E-state index in [1.807, 2.05) is 30.3 Å². The number of aromatic nitrogens is 1. The maximum Gasteiger partial charge on any atom is 0.335 e. The Morgan fingerprint density at radius 3 is 2.65 bits per heavy atom. The van der Waals surface area contributed by atoms with Gasteiger partial charge in [-0.1, -0.05) is 18.2 Å². The first-order chi connectivity index (χ1) is 9.69. The average Bonchev–Trinajstić information content (AvgIpc) is 2.91. The highest BCUT2D eigenvalue weighted by Gasteiger charge is 2.16. The Hall–Kier alpha value is -2.82. The summed E-state index contributed by atoms with van der Waals surface area (Å²) in [6.07, 6.45) is 0. The average molecular weight is 269 g/mol. The van der Waals surface area contributed by atoms with Crippen molar-refractivity contribution in [3.8, 4) is 17.2 Å². The minimum absolute atomic E-state index is 0.113.